The highest BCUT2D eigenvalue weighted by molar-refractivity contribution is 7.80. The Kier molecular flexibility index (Phi) is 5.35. The minimum Gasteiger partial charge on any atom is -0.497 e. The van der Waals surface area contributed by atoms with Crippen molar-refractivity contribution in [3.8, 4) is 11.5 Å². The Morgan fingerprint density at radius 1 is 1.47 bits per heavy atom. The molecule has 1 rings (SSSR count). The van der Waals surface area contributed by atoms with E-state index >= 15 is 0 Å². The van der Waals surface area contributed by atoms with Gasteiger partial charge in [-0.25, -0.2) is 0 Å². The van der Waals surface area contributed by atoms with Gasteiger partial charge in [-0.05, 0) is 6.07 Å². The van der Waals surface area contributed by atoms with Gasteiger partial charge in [-0.15, -0.1) is 0 Å². The highest BCUT2D eigenvalue weighted by Gasteiger charge is 2.15. The van der Waals surface area contributed by atoms with Crippen molar-refractivity contribution in [2.75, 3.05) is 19.5 Å². The highest BCUT2D eigenvalue weighted by atomic mass is 32.1. The fourth-order valence-corrected chi connectivity index (χ4v) is 1.32. The number of hydrogen-bond acceptors (Lipinski definition) is 5. The van der Waals surface area contributed by atoms with Crippen molar-refractivity contribution in [3.05, 3.63) is 40.5 Å². The summed E-state index contributed by atoms with van der Waals surface area (Å²) in [7, 11) is 1.49. The summed E-state index contributed by atoms with van der Waals surface area (Å²) in [4.78, 5) is 10.3. The number of ether oxygens (including phenoxy) is 2. The zero-order chi connectivity index (χ0) is 12.7. The third-order valence-corrected chi connectivity index (χ3v) is 2.18. The molecule has 0 aliphatic heterocycles. The second-order valence-corrected chi connectivity index (χ2v) is 3.42. The number of benzene rings is 1. The van der Waals surface area contributed by atoms with Crippen LogP contribution in [0.15, 0.2) is 30.4 Å². The summed E-state index contributed by atoms with van der Waals surface area (Å²) >= 11 is 3.99. The molecule has 6 heteroatoms. The van der Waals surface area contributed by atoms with Gasteiger partial charge in [0.1, 0.15) is 12.4 Å². The van der Waals surface area contributed by atoms with Crippen LogP contribution in [0.1, 0.15) is 0 Å². The molecule has 0 amide bonds. The monoisotopic (exact) mass is 255 g/mol. The topological polar surface area (TPSA) is 61.6 Å². The van der Waals surface area contributed by atoms with Crippen molar-refractivity contribution in [2.24, 2.45) is 0 Å². The summed E-state index contributed by atoms with van der Waals surface area (Å²) in [5.74, 6) is 1.31. The molecule has 1 aromatic carbocycles. The summed E-state index contributed by atoms with van der Waals surface area (Å²) in [6.45, 7) is 0.258. The predicted octanol–water partition coefficient (Wildman–Crippen LogP) is 2.47. The first kappa shape index (κ1) is 13.4. The minimum atomic E-state index is -0.489. The first-order chi connectivity index (χ1) is 8.19. The molecule has 0 saturated heterocycles. The first-order valence-electron chi connectivity index (χ1n) is 4.90. The maximum Gasteiger partial charge on any atom is 0.311 e. The van der Waals surface area contributed by atoms with E-state index in [0.717, 1.165) is 0 Å². The van der Waals surface area contributed by atoms with Crippen LogP contribution < -0.4 is 9.47 Å². The van der Waals surface area contributed by atoms with E-state index in [1.54, 1.807) is 12.2 Å². The smallest absolute Gasteiger partial charge is 0.311 e. The summed E-state index contributed by atoms with van der Waals surface area (Å²) in [6, 6.07) is 4.37. The average Bonchev–Trinajstić information content (AvgIpc) is 2.34. The highest BCUT2D eigenvalue weighted by Crippen LogP contribution is 2.30. The fourth-order valence-electron chi connectivity index (χ4n) is 1.17. The van der Waals surface area contributed by atoms with E-state index in [1.165, 1.54) is 25.3 Å². The third kappa shape index (κ3) is 3.99. The summed E-state index contributed by atoms with van der Waals surface area (Å²) < 4.78 is 10.3. The van der Waals surface area contributed by atoms with Crippen molar-refractivity contribution in [2.45, 2.75) is 0 Å². The second kappa shape index (κ2) is 6.80. The number of methoxy groups -OCH3 is 1. The molecule has 0 N–H and O–H groups in total. The van der Waals surface area contributed by atoms with Gasteiger partial charge in [-0.2, -0.15) is 12.6 Å². The Morgan fingerprint density at radius 2 is 2.24 bits per heavy atom. The van der Waals surface area contributed by atoms with Crippen LogP contribution in [-0.4, -0.2) is 24.4 Å². The van der Waals surface area contributed by atoms with Gasteiger partial charge in [0.05, 0.1) is 12.0 Å². The number of rotatable bonds is 6. The van der Waals surface area contributed by atoms with E-state index in [0.29, 0.717) is 11.5 Å². The molecule has 0 atom stereocenters. The number of hydrogen-bond donors (Lipinski definition) is 1. The molecule has 17 heavy (non-hydrogen) atoms. The van der Waals surface area contributed by atoms with E-state index < -0.39 is 4.92 Å². The van der Waals surface area contributed by atoms with E-state index in [1.807, 2.05) is 0 Å². The van der Waals surface area contributed by atoms with E-state index in [2.05, 4.69) is 12.6 Å². The van der Waals surface area contributed by atoms with E-state index in [9.17, 15) is 10.1 Å². The Bertz CT molecular complexity index is 420. The number of nitrogens with zero attached hydrogens (tertiary/aromatic N) is 1. The van der Waals surface area contributed by atoms with Crippen LogP contribution in [0.25, 0.3) is 0 Å². The van der Waals surface area contributed by atoms with Crippen LogP contribution in [0.4, 0.5) is 5.69 Å². The quantitative estimate of drug-likeness (QED) is 0.367. The van der Waals surface area contributed by atoms with E-state index in [4.69, 9.17) is 9.47 Å². The number of nitro benzene ring substituents is 1. The molecule has 0 aliphatic rings. The molecule has 0 aromatic heterocycles. The van der Waals surface area contributed by atoms with Gasteiger partial charge >= 0.3 is 5.69 Å². The van der Waals surface area contributed by atoms with Crippen LogP contribution in [0.5, 0.6) is 11.5 Å². The van der Waals surface area contributed by atoms with Crippen LogP contribution in [0.2, 0.25) is 0 Å². The molecule has 0 aliphatic carbocycles. The van der Waals surface area contributed by atoms with Gasteiger partial charge in [-0.1, -0.05) is 12.2 Å². The first-order valence-corrected chi connectivity index (χ1v) is 5.53. The van der Waals surface area contributed by atoms with Gasteiger partial charge in [0.15, 0.2) is 0 Å². The van der Waals surface area contributed by atoms with Crippen LogP contribution in [-0.2, 0) is 0 Å². The van der Waals surface area contributed by atoms with Crippen molar-refractivity contribution in [1.82, 2.24) is 0 Å². The Balaban J connectivity index is 2.85. The standard InChI is InChI=1S/C11H13NO4S/c1-15-9-4-5-10(12(13)14)11(8-9)16-6-2-3-7-17/h2-5,8,17H,6-7H2,1H3/b3-2+. The lowest BCUT2D eigenvalue weighted by molar-refractivity contribution is -0.385. The Labute approximate surface area is 105 Å². The van der Waals surface area contributed by atoms with Crippen LogP contribution in [0.3, 0.4) is 0 Å². The molecule has 1 aromatic rings. The fraction of sp³-hybridized carbons (Fsp3) is 0.273. The Morgan fingerprint density at radius 3 is 2.82 bits per heavy atom. The van der Waals surface area contributed by atoms with Gasteiger partial charge in [0.25, 0.3) is 0 Å². The van der Waals surface area contributed by atoms with Crippen molar-refractivity contribution in [1.29, 1.82) is 0 Å². The molecular formula is C11H13NO4S. The lowest BCUT2D eigenvalue weighted by atomic mass is 10.3. The van der Waals surface area contributed by atoms with Gasteiger partial charge in [0, 0.05) is 17.9 Å². The number of thiol groups is 1. The third-order valence-electron chi connectivity index (χ3n) is 1.97. The van der Waals surface area contributed by atoms with Gasteiger partial charge < -0.3 is 9.47 Å². The molecule has 0 unspecified atom stereocenters. The molecule has 0 radical (unpaired) electrons. The normalized spacial score (nSPS) is 10.5. The zero-order valence-electron chi connectivity index (χ0n) is 9.33. The zero-order valence-corrected chi connectivity index (χ0v) is 10.2. The predicted molar refractivity (Wildman–Crippen MR) is 68.1 cm³/mol. The number of nitro groups is 1. The molecular weight excluding hydrogens is 242 g/mol. The minimum absolute atomic E-state index is 0.0786. The molecule has 0 heterocycles. The lowest BCUT2D eigenvalue weighted by Gasteiger charge is -2.06. The molecule has 0 spiro atoms. The van der Waals surface area contributed by atoms with E-state index in [-0.39, 0.29) is 18.0 Å². The maximum atomic E-state index is 10.8. The van der Waals surface area contributed by atoms with Gasteiger partial charge in [0.2, 0.25) is 5.75 Å². The molecule has 0 saturated carbocycles. The Hall–Kier alpha value is -1.69. The van der Waals surface area contributed by atoms with Crippen molar-refractivity contribution < 1.29 is 14.4 Å². The average molecular weight is 255 g/mol. The molecule has 0 bridgehead atoms. The maximum absolute atomic E-state index is 10.8. The summed E-state index contributed by atoms with van der Waals surface area (Å²) in [6.07, 6.45) is 3.55. The SMILES string of the molecule is COc1ccc([N+](=O)[O-])c(OC/C=C/CS)c1. The molecule has 92 valence electrons. The van der Waals surface area contributed by atoms with Crippen molar-refractivity contribution >= 4 is 18.3 Å². The molecule has 0 fully saturated rings. The molecule has 5 nitrogen and oxygen atoms in total. The lowest BCUT2D eigenvalue weighted by Crippen LogP contribution is -1.99. The largest absolute Gasteiger partial charge is 0.497 e. The van der Waals surface area contributed by atoms with Crippen LogP contribution in [0, 0.1) is 10.1 Å². The van der Waals surface area contributed by atoms with Crippen molar-refractivity contribution in [3.63, 3.8) is 0 Å². The summed E-state index contributed by atoms with van der Waals surface area (Å²) in [5.41, 5.74) is -0.0786. The van der Waals surface area contributed by atoms with Crippen LogP contribution >= 0.6 is 12.6 Å². The summed E-state index contributed by atoms with van der Waals surface area (Å²) in [5, 5.41) is 10.8. The van der Waals surface area contributed by atoms with Gasteiger partial charge in [-0.3, -0.25) is 10.1 Å². The second-order valence-electron chi connectivity index (χ2n) is 3.06.